The van der Waals surface area contributed by atoms with E-state index >= 15 is 0 Å². The number of ether oxygens (including phenoxy) is 1. The predicted molar refractivity (Wildman–Crippen MR) is 71.9 cm³/mol. The van der Waals surface area contributed by atoms with Crippen molar-refractivity contribution in [3.8, 4) is 5.75 Å². The lowest BCUT2D eigenvalue weighted by molar-refractivity contribution is 0.112. The number of aliphatic hydroxyl groups excluding tert-OH is 2. The van der Waals surface area contributed by atoms with Crippen molar-refractivity contribution in [3.63, 3.8) is 0 Å². The quantitative estimate of drug-likeness (QED) is 0.770. The van der Waals surface area contributed by atoms with E-state index in [1.807, 2.05) is 44.0 Å². The molecular weight excluding hydrogens is 230 g/mol. The van der Waals surface area contributed by atoms with Crippen LogP contribution in [0.1, 0.15) is 24.2 Å². The molecule has 0 bridgehead atoms. The highest BCUT2D eigenvalue weighted by Crippen LogP contribution is 2.27. The zero-order valence-corrected chi connectivity index (χ0v) is 11.4. The molecule has 102 valence electrons. The van der Waals surface area contributed by atoms with Crippen LogP contribution in [0, 0.1) is 6.92 Å². The molecule has 0 aliphatic carbocycles. The number of aliphatic hydroxyl groups is 2. The van der Waals surface area contributed by atoms with Crippen LogP contribution in [0.3, 0.4) is 0 Å². The molecule has 4 heteroatoms. The minimum atomic E-state index is -0.608. The number of rotatable bonds is 7. The number of hydrogen-bond acceptors (Lipinski definition) is 4. The molecule has 0 radical (unpaired) electrons. The Labute approximate surface area is 109 Å². The molecule has 4 nitrogen and oxygen atoms in total. The summed E-state index contributed by atoms with van der Waals surface area (Å²) in [5.74, 6) is 0.730. The van der Waals surface area contributed by atoms with E-state index in [1.54, 1.807) is 0 Å². The highest BCUT2D eigenvalue weighted by Gasteiger charge is 2.15. The average Bonchev–Trinajstić information content (AvgIpc) is 2.32. The standard InChI is InChI=1S/C14H23NO3/c1-4-18-14-6-5-11(2)9-12(14)13(17)10-15(3)7-8-16/h5-6,9,13,16-17H,4,7-8,10H2,1-3H3. The van der Waals surface area contributed by atoms with Gasteiger partial charge in [-0.25, -0.2) is 0 Å². The first kappa shape index (κ1) is 15.0. The molecule has 18 heavy (non-hydrogen) atoms. The zero-order valence-electron chi connectivity index (χ0n) is 11.4. The SMILES string of the molecule is CCOc1ccc(C)cc1C(O)CN(C)CCO. The summed E-state index contributed by atoms with van der Waals surface area (Å²) in [6.07, 6.45) is -0.608. The maximum absolute atomic E-state index is 10.2. The lowest BCUT2D eigenvalue weighted by Gasteiger charge is -2.22. The van der Waals surface area contributed by atoms with E-state index < -0.39 is 6.10 Å². The van der Waals surface area contributed by atoms with Gasteiger partial charge in [0.2, 0.25) is 0 Å². The predicted octanol–water partition coefficient (Wildman–Crippen LogP) is 1.35. The van der Waals surface area contributed by atoms with E-state index in [4.69, 9.17) is 9.84 Å². The molecule has 1 unspecified atom stereocenters. The van der Waals surface area contributed by atoms with Gasteiger partial charge in [0.1, 0.15) is 5.75 Å². The third-order valence-electron chi connectivity index (χ3n) is 2.79. The average molecular weight is 253 g/mol. The van der Waals surface area contributed by atoms with Crippen LogP contribution in [0.15, 0.2) is 18.2 Å². The summed E-state index contributed by atoms with van der Waals surface area (Å²) in [4.78, 5) is 1.89. The van der Waals surface area contributed by atoms with E-state index in [9.17, 15) is 5.11 Å². The Morgan fingerprint density at radius 1 is 1.39 bits per heavy atom. The molecule has 0 aliphatic heterocycles. The Kier molecular flexibility index (Phi) is 6.12. The molecule has 0 fully saturated rings. The van der Waals surface area contributed by atoms with Crippen molar-refractivity contribution < 1.29 is 14.9 Å². The van der Waals surface area contributed by atoms with Crippen molar-refractivity contribution in [3.05, 3.63) is 29.3 Å². The molecule has 0 amide bonds. The Hall–Kier alpha value is -1.10. The lowest BCUT2D eigenvalue weighted by atomic mass is 10.0. The van der Waals surface area contributed by atoms with Crippen molar-refractivity contribution in [1.29, 1.82) is 0 Å². The van der Waals surface area contributed by atoms with E-state index in [-0.39, 0.29) is 6.61 Å². The second-order valence-electron chi connectivity index (χ2n) is 4.48. The second-order valence-corrected chi connectivity index (χ2v) is 4.48. The zero-order chi connectivity index (χ0) is 13.5. The monoisotopic (exact) mass is 253 g/mol. The van der Waals surface area contributed by atoms with E-state index in [0.29, 0.717) is 19.7 Å². The molecule has 1 atom stereocenters. The van der Waals surface area contributed by atoms with E-state index in [2.05, 4.69) is 0 Å². The van der Waals surface area contributed by atoms with Gasteiger partial charge in [-0.15, -0.1) is 0 Å². The molecule has 0 aliphatic rings. The maximum Gasteiger partial charge on any atom is 0.125 e. The van der Waals surface area contributed by atoms with Crippen LogP contribution in [-0.2, 0) is 0 Å². The first-order valence-electron chi connectivity index (χ1n) is 6.29. The summed E-state index contributed by atoms with van der Waals surface area (Å²) in [5, 5.41) is 19.1. The first-order valence-corrected chi connectivity index (χ1v) is 6.29. The Morgan fingerprint density at radius 2 is 2.11 bits per heavy atom. The number of hydrogen-bond donors (Lipinski definition) is 2. The van der Waals surface area contributed by atoms with Crippen LogP contribution in [0.25, 0.3) is 0 Å². The molecule has 2 N–H and O–H groups in total. The highest BCUT2D eigenvalue weighted by molar-refractivity contribution is 5.38. The van der Waals surface area contributed by atoms with Crippen LogP contribution < -0.4 is 4.74 Å². The lowest BCUT2D eigenvalue weighted by Crippen LogP contribution is -2.27. The number of nitrogens with zero attached hydrogens (tertiary/aromatic N) is 1. The van der Waals surface area contributed by atoms with Crippen LogP contribution in [0.4, 0.5) is 0 Å². The largest absolute Gasteiger partial charge is 0.493 e. The summed E-state index contributed by atoms with van der Waals surface area (Å²) < 4.78 is 5.53. The molecular formula is C14H23NO3. The van der Waals surface area contributed by atoms with Gasteiger partial charge in [-0.1, -0.05) is 11.6 Å². The summed E-state index contributed by atoms with van der Waals surface area (Å²) >= 11 is 0. The van der Waals surface area contributed by atoms with Crippen molar-refractivity contribution >= 4 is 0 Å². The van der Waals surface area contributed by atoms with Gasteiger partial charge in [-0.05, 0) is 33.0 Å². The van der Waals surface area contributed by atoms with Gasteiger partial charge in [0.15, 0.2) is 0 Å². The minimum absolute atomic E-state index is 0.0926. The van der Waals surface area contributed by atoms with Gasteiger partial charge in [0.05, 0.1) is 19.3 Å². The molecule has 0 heterocycles. The van der Waals surface area contributed by atoms with Crippen LogP contribution in [0.5, 0.6) is 5.75 Å². The van der Waals surface area contributed by atoms with Crippen molar-refractivity contribution in [2.24, 2.45) is 0 Å². The Morgan fingerprint density at radius 3 is 2.72 bits per heavy atom. The minimum Gasteiger partial charge on any atom is -0.493 e. The van der Waals surface area contributed by atoms with E-state index in [0.717, 1.165) is 16.9 Å². The third kappa shape index (κ3) is 4.29. The van der Waals surface area contributed by atoms with Gasteiger partial charge in [0, 0.05) is 18.7 Å². The van der Waals surface area contributed by atoms with Gasteiger partial charge < -0.3 is 19.8 Å². The smallest absolute Gasteiger partial charge is 0.125 e. The van der Waals surface area contributed by atoms with Gasteiger partial charge in [-0.2, -0.15) is 0 Å². The van der Waals surface area contributed by atoms with Crippen molar-refractivity contribution in [2.75, 3.05) is 33.4 Å². The molecule has 0 saturated carbocycles. The fraction of sp³-hybridized carbons (Fsp3) is 0.571. The molecule has 0 aromatic heterocycles. The topological polar surface area (TPSA) is 52.9 Å². The molecule has 1 rings (SSSR count). The van der Waals surface area contributed by atoms with Gasteiger partial charge in [-0.3, -0.25) is 0 Å². The highest BCUT2D eigenvalue weighted by atomic mass is 16.5. The summed E-state index contributed by atoms with van der Waals surface area (Å²) in [6, 6.07) is 5.81. The summed E-state index contributed by atoms with van der Waals surface area (Å²) in [7, 11) is 1.87. The van der Waals surface area contributed by atoms with Crippen LogP contribution in [-0.4, -0.2) is 48.5 Å². The molecule has 1 aromatic rings. The van der Waals surface area contributed by atoms with Crippen molar-refractivity contribution in [1.82, 2.24) is 4.90 Å². The molecule has 0 saturated heterocycles. The third-order valence-corrected chi connectivity index (χ3v) is 2.79. The first-order chi connectivity index (χ1) is 8.58. The Bertz CT molecular complexity index is 368. The molecule has 0 spiro atoms. The second kappa shape index (κ2) is 7.36. The van der Waals surface area contributed by atoms with Crippen LogP contribution >= 0.6 is 0 Å². The van der Waals surface area contributed by atoms with Crippen LogP contribution in [0.2, 0.25) is 0 Å². The van der Waals surface area contributed by atoms with Gasteiger partial charge >= 0.3 is 0 Å². The summed E-state index contributed by atoms with van der Waals surface area (Å²) in [5.41, 5.74) is 1.90. The number of benzene rings is 1. The number of aryl methyl sites for hydroxylation is 1. The fourth-order valence-electron chi connectivity index (χ4n) is 1.87. The Balaban J connectivity index is 2.82. The van der Waals surface area contributed by atoms with Gasteiger partial charge in [0.25, 0.3) is 0 Å². The van der Waals surface area contributed by atoms with Crippen molar-refractivity contribution in [2.45, 2.75) is 20.0 Å². The van der Waals surface area contributed by atoms with E-state index in [1.165, 1.54) is 0 Å². The fourth-order valence-corrected chi connectivity index (χ4v) is 1.87. The number of likely N-dealkylation sites (N-methyl/N-ethyl adjacent to an activating group) is 1. The molecule has 1 aromatic carbocycles. The summed E-state index contributed by atoms with van der Waals surface area (Å²) in [6.45, 7) is 5.61. The maximum atomic E-state index is 10.2. The normalized spacial score (nSPS) is 12.8.